The van der Waals surface area contributed by atoms with Gasteiger partial charge in [-0.05, 0) is 50.1 Å². The number of Topliss-reactive ketones (excluding diaryl/α,β-unsaturated/α-hetero) is 1. The highest BCUT2D eigenvalue weighted by atomic mass is 79.9. The number of halogens is 1. The molecule has 0 unspecified atom stereocenters. The van der Waals surface area contributed by atoms with Crippen LogP contribution in [-0.4, -0.2) is 16.8 Å². The van der Waals surface area contributed by atoms with E-state index < -0.39 is 11.5 Å². The lowest BCUT2D eigenvalue weighted by atomic mass is 9.88. The third-order valence-electron chi connectivity index (χ3n) is 5.91. The molecule has 0 spiro atoms. The lowest BCUT2D eigenvalue weighted by Crippen LogP contribution is -2.41. The number of rotatable bonds is 5. The molecule has 0 bridgehead atoms. The normalized spacial score (nSPS) is 17.7. The molecule has 3 aromatic rings. The second-order valence-corrected chi connectivity index (χ2v) is 9.22. The standard InChI is InChI=1S/C26H24BrNO3/c1-16-4-7-19(8-5-16)24(29)14-26(31)22-13-21(27)10-11-23(22)28(25(26)30)15-20-9-6-17(2)12-18(20)3/h4-13,31H,14-15H2,1-3H3/t26-/m0/s1. The molecule has 1 heterocycles. The van der Waals surface area contributed by atoms with Gasteiger partial charge in [0.15, 0.2) is 11.4 Å². The van der Waals surface area contributed by atoms with Crippen molar-refractivity contribution in [3.63, 3.8) is 0 Å². The van der Waals surface area contributed by atoms with Crippen LogP contribution in [0.1, 0.15) is 44.6 Å². The molecule has 1 atom stereocenters. The smallest absolute Gasteiger partial charge is 0.264 e. The summed E-state index contributed by atoms with van der Waals surface area (Å²) in [6.45, 7) is 6.32. The Labute approximate surface area is 190 Å². The maximum Gasteiger partial charge on any atom is 0.264 e. The third-order valence-corrected chi connectivity index (χ3v) is 6.40. The second kappa shape index (κ2) is 8.06. The van der Waals surface area contributed by atoms with Crippen molar-refractivity contribution in [2.24, 2.45) is 0 Å². The fraction of sp³-hybridized carbons (Fsp3) is 0.231. The minimum absolute atomic E-state index is 0.268. The molecule has 0 radical (unpaired) electrons. The van der Waals surface area contributed by atoms with Gasteiger partial charge in [0.05, 0.1) is 18.7 Å². The number of nitrogens with zero attached hydrogens (tertiary/aromatic N) is 1. The molecule has 1 N–H and O–H groups in total. The van der Waals surface area contributed by atoms with Gasteiger partial charge in [0.2, 0.25) is 0 Å². The highest BCUT2D eigenvalue weighted by molar-refractivity contribution is 9.10. The van der Waals surface area contributed by atoms with Gasteiger partial charge in [0.25, 0.3) is 5.91 Å². The number of hydrogen-bond acceptors (Lipinski definition) is 3. The molecule has 3 aromatic carbocycles. The van der Waals surface area contributed by atoms with Crippen LogP contribution in [0.15, 0.2) is 65.1 Å². The predicted molar refractivity (Wildman–Crippen MR) is 125 cm³/mol. The van der Waals surface area contributed by atoms with Crippen molar-refractivity contribution in [1.29, 1.82) is 0 Å². The molecular weight excluding hydrogens is 454 g/mol. The Morgan fingerprint density at radius 2 is 1.65 bits per heavy atom. The Kier molecular flexibility index (Phi) is 5.58. The van der Waals surface area contributed by atoms with E-state index in [1.807, 2.05) is 57.2 Å². The third kappa shape index (κ3) is 3.95. The number of anilines is 1. The predicted octanol–water partition coefficient (Wildman–Crippen LogP) is 5.38. The summed E-state index contributed by atoms with van der Waals surface area (Å²) < 4.78 is 0.744. The molecule has 0 fully saturated rings. The van der Waals surface area contributed by atoms with E-state index in [0.717, 1.165) is 26.7 Å². The van der Waals surface area contributed by atoms with Crippen LogP contribution in [0, 0.1) is 20.8 Å². The van der Waals surface area contributed by atoms with Crippen LogP contribution >= 0.6 is 15.9 Å². The SMILES string of the molecule is Cc1ccc(C(=O)C[C@@]2(O)C(=O)N(Cc3ccc(C)cc3C)c3ccc(Br)cc32)cc1. The molecular formula is C26H24BrNO3. The van der Waals surface area contributed by atoms with E-state index in [0.29, 0.717) is 23.4 Å². The quantitative estimate of drug-likeness (QED) is 0.501. The number of carbonyl (C=O) groups excluding carboxylic acids is 2. The van der Waals surface area contributed by atoms with E-state index in [9.17, 15) is 14.7 Å². The number of hydrogen-bond donors (Lipinski definition) is 1. The maximum atomic E-state index is 13.5. The molecule has 0 saturated heterocycles. The van der Waals surface area contributed by atoms with Crippen LogP contribution < -0.4 is 4.90 Å². The van der Waals surface area contributed by atoms with Gasteiger partial charge in [0.1, 0.15) is 0 Å². The zero-order valence-electron chi connectivity index (χ0n) is 17.8. The molecule has 4 nitrogen and oxygen atoms in total. The first-order valence-corrected chi connectivity index (χ1v) is 11.0. The Balaban J connectivity index is 1.71. The van der Waals surface area contributed by atoms with Crippen molar-refractivity contribution in [2.75, 3.05) is 4.90 Å². The molecule has 0 aromatic heterocycles. The van der Waals surface area contributed by atoms with Crippen molar-refractivity contribution < 1.29 is 14.7 Å². The van der Waals surface area contributed by atoms with E-state index >= 15 is 0 Å². The molecule has 1 aliphatic heterocycles. The summed E-state index contributed by atoms with van der Waals surface area (Å²) in [5.74, 6) is -0.740. The van der Waals surface area contributed by atoms with E-state index in [1.54, 1.807) is 23.1 Å². The van der Waals surface area contributed by atoms with Gasteiger partial charge < -0.3 is 10.0 Å². The highest BCUT2D eigenvalue weighted by Gasteiger charge is 2.51. The lowest BCUT2D eigenvalue weighted by molar-refractivity contribution is -0.136. The zero-order valence-corrected chi connectivity index (χ0v) is 19.4. The van der Waals surface area contributed by atoms with Gasteiger partial charge in [0, 0.05) is 15.6 Å². The minimum atomic E-state index is -1.90. The largest absolute Gasteiger partial charge is 0.375 e. The van der Waals surface area contributed by atoms with E-state index in [-0.39, 0.29) is 12.2 Å². The van der Waals surface area contributed by atoms with Crippen LogP contribution in [0.5, 0.6) is 0 Å². The first-order valence-electron chi connectivity index (χ1n) is 10.2. The summed E-state index contributed by atoms with van der Waals surface area (Å²) >= 11 is 3.44. The molecule has 4 rings (SSSR count). The Bertz CT molecular complexity index is 1190. The van der Waals surface area contributed by atoms with Crippen LogP contribution in [0.3, 0.4) is 0 Å². The average molecular weight is 478 g/mol. The number of ketones is 1. The monoisotopic (exact) mass is 477 g/mol. The Hall–Kier alpha value is -2.76. The van der Waals surface area contributed by atoms with Crippen molar-refractivity contribution >= 4 is 33.3 Å². The summed E-state index contributed by atoms with van der Waals surface area (Å²) in [5, 5.41) is 11.6. The first-order chi connectivity index (χ1) is 14.7. The van der Waals surface area contributed by atoms with E-state index in [1.165, 1.54) is 0 Å². The van der Waals surface area contributed by atoms with Gasteiger partial charge in [-0.3, -0.25) is 9.59 Å². The van der Waals surface area contributed by atoms with Crippen molar-refractivity contribution in [2.45, 2.75) is 39.3 Å². The first kappa shape index (κ1) is 21.5. The van der Waals surface area contributed by atoms with Crippen molar-refractivity contribution in [3.8, 4) is 0 Å². The molecule has 31 heavy (non-hydrogen) atoms. The summed E-state index contributed by atoms with van der Waals surface area (Å²) in [6.07, 6.45) is -0.304. The van der Waals surface area contributed by atoms with Crippen LogP contribution in [-0.2, 0) is 16.9 Å². The van der Waals surface area contributed by atoms with E-state index in [4.69, 9.17) is 0 Å². The fourth-order valence-corrected chi connectivity index (χ4v) is 4.48. The minimum Gasteiger partial charge on any atom is -0.375 e. The van der Waals surface area contributed by atoms with Crippen LogP contribution in [0.4, 0.5) is 5.69 Å². The lowest BCUT2D eigenvalue weighted by Gasteiger charge is -2.23. The van der Waals surface area contributed by atoms with Gasteiger partial charge in [-0.25, -0.2) is 0 Å². The number of fused-ring (bicyclic) bond motifs is 1. The van der Waals surface area contributed by atoms with Crippen LogP contribution in [0.2, 0.25) is 0 Å². The summed E-state index contributed by atoms with van der Waals surface area (Å²) in [4.78, 5) is 28.1. The molecule has 5 heteroatoms. The summed E-state index contributed by atoms with van der Waals surface area (Å²) in [6, 6.07) is 18.7. The van der Waals surface area contributed by atoms with Crippen molar-refractivity contribution in [1.82, 2.24) is 0 Å². The molecule has 1 amide bonds. The molecule has 0 aliphatic carbocycles. The number of carbonyl (C=O) groups is 2. The van der Waals surface area contributed by atoms with Gasteiger partial charge in [-0.2, -0.15) is 0 Å². The Morgan fingerprint density at radius 3 is 2.32 bits per heavy atom. The van der Waals surface area contributed by atoms with E-state index in [2.05, 4.69) is 22.0 Å². The number of aryl methyl sites for hydroxylation is 3. The van der Waals surface area contributed by atoms with Gasteiger partial charge in [-0.1, -0.05) is 69.5 Å². The number of benzene rings is 3. The highest BCUT2D eigenvalue weighted by Crippen LogP contribution is 2.45. The summed E-state index contributed by atoms with van der Waals surface area (Å²) in [5.41, 5.74) is 3.94. The zero-order chi connectivity index (χ0) is 22.3. The molecule has 158 valence electrons. The van der Waals surface area contributed by atoms with Gasteiger partial charge in [-0.15, -0.1) is 0 Å². The Morgan fingerprint density at radius 1 is 0.968 bits per heavy atom. The summed E-state index contributed by atoms with van der Waals surface area (Å²) in [7, 11) is 0. The fourth-order valence-electron chi connectivity index (χ4n) is 4.12. The van der Waals surface area contributed by atoms with Crippen LogP contribution in [0.25, 0.3) is 0 Å². The van der Waals surface area contributed by atoms with Gasteiger partial charge >= 0.3 is 0 Å². The topological polar surface area (TPSA) is 57.6 Å². The number of amides is 1. The second-order valence-electron chi connectivity index (χ2n) is 8.31. The number of aliphatic hydroxyl groups is 1. The maximum absolute atomic E-state index is 13.5. The van der Waals surface area contributed by atoms with Crippen molar-refractivity contribution in [3.05, 3.63) is 98.5 Å². The molecule has 0 saturated carbocycles. The average Bonchev–Trinajstić information content (AvgIpc) is 2.92. The molecule has 1 aliphatic rings.